The standard InChI is InChI=1S/C11H16O/c1-5-6-8(2)11-9(3)7-10(4)12-11/h5-6,10H,3,7H2,1-2,4H3/b6-5-,11-8+. The summed E-state index contributed by atoms with van der Waals surface area (Å²) >= 11 is 0. The van der Waals surface area contributed by atoms with Crippen LogP contribution in [0.4, 0.5) is 0 Å². The van der Waals surface area contributed by atoms with Gasteiger partial charge in [-0.15, -0.1) is 0 Å². The first-order chi connectivity index (χ1) is 5.65. The molecule has 1 rings (SSSR count). The minimum Gasteiger partial charge on any atom is -0.490 e. The van der Waals surface area contributed by atoms with Gasteiger partial charge in [0.15, 0.2) is 0 Å². The molecule has 1 heteroatoms. The first kappa shape index (κ1) is 9.11. The van der Waals surface area contributed by atoms with Crippen LogP contribution < -0.4 is 0 Å². The molecule has 0 aromatic rings. The second kappa shape index (κ2) is 3.61. The fraction of sp³-hybridized carbons (Fsp3) is 0.455. The number of ether oxygens (including phenoxy) is 1. The Morgan fingerprint density at radius 2 is 2.33 bits per heavy atom. The summed E-state index contributed by atoms with van der Waals surface area (Å²) in [5.41, 5.74) is 2.30. The van der Waals surface area contributed by atoms with Crippen molar-refractivity contribution < 1.29 is 4.74 Å². The molecule has 1 heterocycles. The molecule has 0 bridgehead atoms. The van der Waals surface area contributed by atoms with E-state index in [2.05, 4.69) is 26.5 Å². The number of hydrogen-bond acceptors (Lipinski definition) is 1. The maximum atomic E-state index is 5.62. The number of rotatable bonds is 1. The van der Waals surface area contributed by atoms with Gasteiger partial charge in [-0.3, -0.25) is 0 Å². The van der Waals surface area contributed by atoms with Crippen molar-refractivity contribution in [1.82, 2.24) is 0 Å². The van der Waals surface area contributed by atoms with Gasteiger partial charge in [0.05, 0.1) is 0 Å². The molecule has 1 atom stereocenters. The van der Waals surface area contributed by atoms with Crippen LogP contribution in [0.1, 0.15) is 27.2 Å². The molecular weight excluding hydrogens is 148 g/mol. The second-order valence-corrected chi connectivity index (χ2v) is 3.25. The molecule has 0 aliphatic carbocycles. The van der Waals surface area contributed by atoms with Crippen LogP contribution in [-0.4, -0.2) is 6.10 Å². The van der Waals surface area contributed by atoms with Crippen molar-refractivity contribution in [2.45, 2.75) is 33.3 Å². The summed E-state index contributed by atoms with van der Waals surface area (Å²) in [6, 6.07) is 0. The van der Waals surface area contributed by atoms with E-state index in [0.29, 0.717) is 6.10 Å². The molecular formula is C11H16O. The van der Waals surface area contributed by atoms with Gasteiger partial charge in [0.1, 0.15) is 11.9 Å². The van der Waals surface area contributed by atoms with Crippen molar-refractivity contribution in [2.24, 2.45) is 0 Å². The summed E-state index contributed by atoms with van der Waals surface area (Å²) in [7, 11) is 0. The Morgan fingerprint density at radius 1 is 1.67 bits per heavy atom. The molecule has 66 valence electrons. The minimum atomic E-state index is 0.299. The van der Waals surface area contributed by atoms with E-state index in [4.69, 9.17) is 4.74 Å². The summed E-state index contributed by atoms with van der Waals surface area (Å²) < 4.78 is 5.62. The van der Waals surface area contributed by atoms with Gasteiger partial charge >= 0.3 is 0 Å². The lowest BCUT2D eigenvalue weighted by atomic mass is 10.1. The molecule has 0 N–H and O–H groups in total. The lowest BCUT2D eigenvalue weighted by Crippen LogP contribution is -1.95. The molecule has 0 radical (unpaired) electrons. The van der Waals surface area contributed by atoms with Gasteiger partial charge in [-0.05, 0) is 31.9 Å². The van der Waals surface area contributed by atoms with Crippen molar-refractivity contribution in [3.63, 3.8) is 0 Å². The third-order valence-corrected chi connectivity index (χ3v) is 1.95. The summed E-state index contributed by atoms with van der Waals surface area (Å²) in [5.74, 6) is 0.987. The van der Waals surface area contributed by atoms with E-state index in [1.807, 2.05) is 13.0 Å². The van der Waals surface area contributed by atoms with Crippen LogP contribution in [0.5, 0.6) is 0 Å². The van der Waals surface area contributed by atoms with Gasteiger partial charge in [-0.1, -0.05) is 18.7 Å². The zero-order valence-corrected chi connectivity index (χ0v) is 8.05. The van der Waals surface area contributed by atoms with E-state index in [-0.39, 0.29) is 0 Å². The fourth-order valence-electron chi connectivity index (χ4n) is 1.46. The van der Waals surface area contributed by atoms with E-state index in [9.17, 15) is 0 Å². The van der Waals surface area contributed by atoms with E-state index < -0.39 is 0 Å². The molecule has 0 saturated carbocycles. The second-order valence-electron chi connectivity index (χ2n) is 3.25. The predicted molar refractivity (Wildman–Crippen MR) is 51.8 cm³/mol. The summed E-state index contributed by atoms with van der Waals surface area (Å²) in [4.78, 5) is 0. The first-order valence-electron chi connectivity index (χ1n) is 4.33. The van der Waals surface area contributed by atoms with E-state index in [0.717, 1.165) is 17.8 Å². The van der Waals surface area contributed by atoms with Crippen LogP contribution in [0.15, 0.2) is 35.6 Å². The van der Waals surface area contributed by atoms with Gasteiger partial charge in [0.25, 0.3) is 0 Å². The SMILES string of the molecule is C=C1CC(C)O/C1=C(C)/C=C\C. The third kappa shape index (κ3) is 1.79. The Hall–Kier alpha value is -0.980. The highest BCUT2D eigenvalue weighted by Crippen LogP contribution is 2.30. The molecule has 12 heavy (non-hydrogen) atoms. The molecule has 1 aliphatic rings. The average Bonchev–Trinajstić information content (AvgIpc) is 2.30. The van der Waals surface area contributed by atoms with Crippen LogP contribution in [0.3, 0.4) is 0 Å². The molecule has 0 aromatic carbocycles. The Kier molecular flexibility index (Phi) is 2.74. The van der Waals surface area contributed by atoms with Crippen LogP contribution in [-0.2, 0) is 4.74 Å². The van der Waals surface area contributed by atoms with Gasteiger partial charge in [-0.2, -0.15) is 0 Å². The first-order valence-corrected chi connectivity index (χ1v) is 4.33. The number of hydrogen-bond donors (Lipinski definition) is 0. The summed E-state index contributed by atoms with van der Waals surface area (Å²) in [5, 5.41) is 0. The van der Waals surface area contributed by atoms with Crippen molar-refractivity contribution in [1.29, 1.82) is 0 Å². The minimum absolute atomic E-state index is 0.299. The Labute approximate surface area is 74.4 Å². The molecule has 0 spiro atoms. The van der Waals surface area contributed by atoms with Crippen LogP contribution in [0.25, 0.3) is 0 Å². The zero-order valence-electron chi connectivity index (χ0n) is 8.05. The van der Waals surface area contributed by atoms with Gasteiger partial charge in [0, 0.05) is 6.42 Å². The topological polar surface area (TPSA) is 9.23 Å². The monoisotopic (exact) mass is 164 g/mol. The van der Waals surface area contributed by atoms with Gasteiger partial charge in [0.2, 0.25) is 0 Å². The summed E-state index contributed by atoms with van der Waals surface area (Å²) in [6.07, 6.45) is 5.33. The maximum Gasteiger partial charge on any atom is 0.125 e. The lowest BCUT2D eigenvalue weighted by molar-refractivity contribution is 0.176. The van der Waals surface area contributed by atoms with Gasteiger partial charge < -0.3 is 4.74 Å². The Morgan fingerprint density at radius 3 is 2.75 bits per heavy atom. The predicted octanol–water partition coefficient (Wildman–Crippen LogP) is 3.20. The lowest BCUT2D eigenvalue weighted by Gasteiger charge is -2.04. The smallest absolute Gasteiger partial charge is 0.125 e. The molecule has 0 amide bonds. The van der Waals surface area contributed by atoms with Crippen LogP contribution in [0.2, 0.25) is 0 Å². The van der Waals surface area contributed by atoms with Crippen molar-refractivity contribution >= 4 is 0 Å². The normalized spacial score (nSPS) is 27.9. The van der Waals surface area contributed by atoms with E-state index in [1.165, 1.54) is 5.57 Å². The van der Waals surface area contributed by atoms with E-state index in [1.54, 1.807) is 0 Å². The third-order valence-electron chi connectivity index (χ3n) is 1.95. The molecule has 1 aliphatic heterocycles. The van der Waals surface area contributed by atoms with Gasteiger partial charge in [-0.25, -0.2) is 0 Å². The van der Waals surface area contributed by atoms with Crippen LogP contribution >= 0.6 is 0 Å². The molecule has 1 unspecified atom stereocenters. The molecule has 0 aromatic heterocycles. The largest absolute Gasteiger partial charge is 0.490 e. The zero-order chi connectivity index (χ0) is 9.14. The highest BCUT2D eigenvalue weighted by Gasteiger charge is 2.21. The van der Waals surface area contributed by atoms with Crippen molar-refractivity contribution in [2.75, 3.05) is 0 Å². The molecule has 1 fully saturated rings. The Bertz CT molecular complexity index is 246. The maximum absolute atomic E-state index is 5.62. The molecule has 1 saturated heterocycles. The fourth-order valence-corrected chi connectivity index (χ4v) is 1.46. The highest BCUT2D eigenvalue weighted by atomic mass is 16.5. The van der Waals surface area contributed by atoms with Crippen molar-refractivity contribution in [3.8, 4) is 0 Å². The molecule has 1 nitrogen and oxygen atoms in total. The summed E-state index contributed by atoms with van der Waals surface area (Å²) in [6.45, 7) is 10.1. The van der Waals surface area contributed by atoms with E-state index >= 15 is 0 Å². The van der Waals surface area contributed by atoms with Crippen molar-refractivity contribution in [3.05, 3.63) is 35.6 Å². The Balaban J connectivity index is 2.87. The quantitative estimate of drug-likeness (QED) is 0.578. The number of allylic oxidation sites excluding steroid dienone is 4. The highest BCUT2D eigenvalue weighted by molar-refractivity contribution is 5.36. The average molecular weight is 164 g/mol. The van der Waals surface area contributed by atoms with Crippen LogP contribution in [0, 0.1) is 0 Å².